The highest BCUT2D eigenvalue weighted by Crippen LogP contribution is 2.26. The summed E-state index contributed by atoms with van der Waals surface area (Å²) in [6.07, 6.45) is 0.985. The number of hydrogen-bond donors (Lipinski definition) is 1. The minimum atomic E-state index is -0.707. The van der Waals surface area contributed by atoms with Gasteiger partial charge in [-0.1, -0.05) is 42.1 Å². The van der Waals surface area contributed by atoms with Gasteiger partial charge in [0.15, 0.2) is 5.17 Å². The Bertz CT molecular complexity index is 923. The average molecular weight is 416 g/mol. The van der Waals surface area contributed by atoms with E-state index in [2.05, 4.69) is 22.4 Å². The van der Waals surface area contributed by atoms with E-state index in [4.69, 9.17) is 0 Å². The van der Waals surface area contributed by atoms with Crippen LogP contribution in [0.2, 0.25) is 0 Å². The Balaban J connectivity index is 1.54. The van der Waals surface area contributed by atoms with Gasteiger partial charge in [-0.05, 0) is 18.1 Å². The lowest BCUT2D eigenvalue weighted by Gasteiger charge is -2.20. The number of carbonyl (C=O) groups excluding carboxylic acids is 1. The Morgan fingerprint density at radius 3 is 2.83 bits per heavy atom. The van der Waals surface area contributed by atoms with Crippen molar-refractivity contribution in [3.8, 4) is 0 Å². The summed E-state index contributed by atoms with van der Waals surface area (Å²) in [5.74, 6) is -0.403. The largest absolute Gasteiger partial charge is 0.350 e. The fourth-order valence-electron chi connectivity index (χ4n) is 2.96. The number of rotatable bonds is 7. The maximum Gasteiger partial charge on any atom is 0.271 e. The van der Waals surface area contributed by atoms with E-state index in [-0.39, 0.29) is 23.8 Å². The molecule has 1 unspecified atom stereocenters. The van der Waals surface area contributed by atoms with Crippen molar-refractivity contribution >= 4 is 34.2 Å². The quantitative estimate of drug-likeness (QED) is 0.549. The second kappa shape index (κ2) is 9.51. The highest BCUT2D eigenvalue weighted by Gasteiger charge is 2.29. The van der Waals surface area contributed by atoms with Crippen molar-refractivity contribution < 1.29 is 14.1 Å². The van der Waals surface area contributed by atoms with Crippen LogP contribution in [0.15, 0.2) is 53.5 Å². The summed E-state index contributed by atoms with van der Waals surface area (Å²) in [6.45, 7) is 0.661. The van der Waals surface area contributed by atoms with Gasteiger partial charge >= 0.3 is 0 Å². The number of anilines is 1. The molecule has 0 spiro atoms. The van der Waals surface area contributed by atoms with Crippen LogP contribution in [0.25, 0.3) is 0 Å². The number of amidine groups is 1. The summed E-state index contributed by atoms with van der Waals surface area (Å²) in [4.78, 5) is 29.1. The minimum absolute atomic E-state index is 0.0720. The number of benzene rings is 2. The van der Waals surface area contributed by atoms with Crippen LogP contribution in [0.3, 0.4) is 0 Å². The molecule has 2 aromatic carbocycles. The van der Waals surface area contributed by atoms with Gasteiger partial charge in [0, 0.05) is 43.9 Å². The first-order valence-electron chi connectivity index (χ1n) is 9.12. The summed E-state index contributed by atoms with van der Waals surface area (Å²) < 4.78 is 13.9. The molecular formula is C20H21FN4O3S. The van der Waals surface area contributed by atoms with Gasteiger partial charge < -0.3 is 10.2 Å². The molecule has 1 atom stereocenters. The molecule has 0 radical (unpaired) electrons. The predicted molar refractivity (Wildman–Crippen MR) is 113 cm³/mol. The molecule has 1 amide bonds. The van der Waals surface area contributed by atoms with Crippen molar-refractivity contribution in [1.82, 2.24) is 4.90 Å². The zero-order valence-corrected chi connectivity index (χ0v) is 16.7. The number of aliphatic imine (C=N–C) groups is 1. The zero-order chi connectivity index (χ0) is 20.8. The molecule has 0 bridgehead atoms. The van der Waals surface area contributed by atoms with E-state index in [9.17, 15) is 19.3 Å². The van der Waals surface area contributed by atoms with Gasteiger partial charge in [-0.15, -0.1) is 0 Å². The lowest BCUT2D eigenvalue weighted by molar-refractivity contribution is -0.384. The second-order valence-corrected chi connectivity index (χ2v) is 7.64. The molecule has 152 valence electrons. The summed E-state index contributed by atoms with van der Waals surface area (Å²) in [6, 6.07) is 13.1. The van der Waals surface area contributed by atoms with Crippen molar-refractivity contribution in [3.63, 3.8) is 0 Å². The number of nitro benzene ring substituents is 1. The van der Waals surface area contributed by atoms with Gasteiger partial charge in [-0.3, -0.25) is 19.9 Å². The van der Waals surface area contributed by atoms with Crippen LogP contribution < -0.4 is 5.32 Å². The van der Waals surface area contributed by atoms with E-state index in [1.54, 1.807) is 11.8 Å². The normalized spacial score (nSPS) is 17.5. The highest BCUT2D eigenvalue weighted by atomic mass is 32.2. The maximum atomic E-state index is 13.9. The molecule has 1 heterocycles. The number of amides is 1. The van der Waals surface area contributed by atoms with Crippen molar-refractivity contribution in [2.45, 2.75) is 18.9 Å². The third-order valence-electron chi connectivity index (χ3n) is 4.60. The van der Waals surface area contributed by atoms with Crippen molar-refractivity contribution in [2.75, 3.05) is 24.7 Å². The van der Waals surface area contributed by atoms with Crippen LogP contribution in [0.5, 0.6) is 0 Å². The predicted octanol–water partition coefficient (Wildman–Crippen LogP) is 3.71. The van der Waals surface area contributed by atoms with Gasteiger partial charge in [0.2, 0.25) is 5.91 Å². The molecule has 1 saturated heterocycles. The number of carbonyl (C=O) groups is 1. The van der Waals surface area contributed by atoms with Crippen LogP contribution in [0.1, 0.15) is 12.0 Å². The van der Waals surface area contributed by atoms with Gasteiger partial charge in [0.1, 0.15) is 5.82 Å². The molecule has 1 N–H and O–H groups in total. The Labute approximate surface area is 172 Å². The first-order valence-corrected chi connectivity index (χ1v) is 10.1. The smallest absolute Gasteiger partial charge is 0.271 e. The molecular weight excluding hydrogens is 395 g/mol. The summed E-state index contributed by atoms with van der Waals surface area (Å²) >= 11 is 1.58. The maximum absolute atomic E-state index is 13.9. The number of nitrogens with zero attached hydrogens (tertiary/aromatic N) is 3. The molecule has 7 nitrogen and oxygen atoms in total. The third kappa shape index (κ3) is 5.54. The van der Waals surface area contributed by atoms with Gasteiger partial charge in [-0.2, -0.15) is 0 Å². The molecule has 1 aliphatic heterocycles. The summed E-state index contributed by atoms with van der Waals surface area (Å²) in [5.41, 5.74) is 0.759. The molecule has 0 aromatic heterocycles. The first-order chi connectivity index (χ1) is 13.9. The first kappa shape index (κ1) is 20.8. The topological polar surface area (TPSA) is 87.8 Å². The molecule has 29 heavy (non-hydrogen) atoms. The number of nitrogens with one attached hydrogen (secondary N) is 1. The van der Waals surface area contributed by atoms with Crippen LogP contribution in [-0.2, 0) is 11.2 Å². The lowest BCUT2D eigenvalue weighted by atomic mass is 10.2. The fourth-order valence-corrected chi connectivity index (χ4v) is 4.17. The van der Waals surface area contributed by atoms with Crippen LogP contribution in [-0.4, -0.2) is 46.3 Å². The molecule has 0 saturated carbocycles. The Kier molecular flexibility index (Phi) is 6.82. The Morgan fingerprint density at radius 1 is 1.34 bits per heavy atom. The van der Waals surface area contributed by atoms with Crippen molar-refractivity contribution in [2.24, 2.45) is 4.99 Å². The van der Waals surface area contributed by atoms with Gasteiger partial charge in [-0.25, -0.2) is 4.39 Å². The van der Waals surface area contributed by atoms with Gasteiger partial charge in [0.05, 0.1) is 10.6 Å². The fraction of sp³-hybridized carbons (Fsp3) is 0.300. The lowest BCUT2D eigenvalue weighted by Crippen LogP contribution is -2.33. The van der Waals surface area contributed by atoms with Crippen LogP contribution in [0.4, 0.5) is 15.8 Å². The number of halogens is 1. The number of thioether (sulfide) groups is 1. The van der Waals surface area contributed by atoms with Crippen molar-refractivity contribution in [3.05, 3.63) is 70.0 Å². The third-order valence-corrected chi connectivity index (χ3v) is 5.83. The number of hydrogen-bond acceptors (Lipinski definition) is 5. The van der Waals surface area contributed by atoms with Crippen LogP contribution in [0, 0.1) is 15.9 Å². The van der Waals surface area contributed by atoms with E-state index in [0.717, 1.165) is 29.8 Å². The summed E-state index contributed by atoms with van der Waals surface area (Å²) in [7, 11) is 1.88. The Morgan fingerprint density at radius 2 is 2.10 bits per heavy atom. The molecule has 9 heteroatoms. The highest BCUT2D eigenvalue weighted by molar-refractivity contribution is 8.14. The van der Waals surface area contributed by atoms with Crippen molar-refractivity contribution in [1.29, 1.82) is 0 Å². The zero-order valence-electron chi connectivity index (χ0n) is 15.9. The second-order valence-electron chi connectivity index (χ2n) is 6.65. The average Bonchev–Trinajstić information content (AvgIpc) is 3.04. The minimum Gasteiger partial charge on any atom is -0.350 e. The molecule has 2 aromatic rings. The van der Waals surface area contributed by atoms with E-state index in [0.29, 0.717) is 12.3 Å². The van der Waals surface area contributed by atoms with E-state index >= 15 is 0 Å². The SMILES string of the molecule is CN1C(=NCCc2ccccc2)SCC1CC(=O)Nc1cc([N+](=O)[O-])ccc1F. The van der Waals surface area contributed by atoms with E-state index < -0.39 is 16.6 Å². The molecule has 1 fully saturated rings. The number of nitro groups is 1. The van der Waals surface area contributed by atoms with E-state index in [1.807, 2.05) is 30.1 Å². The molecule has 1 aliphatic rings. The molecule has 0 aliphatic carbocycles. The Hall–Kier alpha value is -2.94. The van der Waals surface area contributed by atoms with E-state index in [1.165, 1.54) is 5.56 Å². The van der Waals surface area contributed by atoms with Gasteiger partial charge in [0.25, 0.3) is 5.69 Å². The van der Waals surface area contributed by atoms with Crippen LogP contribution >= 0.6 is 11.8 Å². The molecule has 3 rings (SSSR count). The monoisotopic (exact) mass is 416 g/mol. The number of non-ortho nitro benzene ring substituents is 1. The standard InChI is InChI=1S/C20H21FN4O3S/c1-24-16(13-29-20(24)22-10-9-14-5-3-2-4-6-14)12-19(26)23-18-11-15(25(27)28)7-8-17(18)21/h2-8,11,16H,9-10,12-13H2,1H3,(H,23,26). The summed E-state index contributed by atoms with van der Waals surface area (Å²) in [5, 5.41) is 14.1.